The van der Waals surface area contributed by atoms with E-state index in [-0.39, 0.29) is 0 Å². The quantitative estimate of drug-likeness (QED) is 0.423. The molecular weight excluding hydrogens is 288 g/mol. The van der Waals surface area contributed by atoms with E-state index in [4.69, 9.17) is 19.7 Å². The highest BCUT2D eigenvalue weighted by molar-refractivity contribution is 5.78. The van der Waals surface area contributed by atoms with E-state index < -0.39 is 41.8 Å². The first-order chi connectivity index (χ1) is 9.72. The fraction of sp³-hybridized carbons (Fsp3) is 0.833. The van der Waals surface area contributed by atoms with Crippen molar-refractivity contribution in [1.29, 1.82) is 0 Å². The minimum atomic E-state index is -2.91. The normalized spacial score (nSPS) is 34.5. The number of carboxylic acid groups (broad SMARTS) is 2. The summed E-state index contributed by atoms with van der Waals surface area (Å²) in [6.07, 6.45) is -3.47. The van der Waals surface area contributed by atoms with Crippen LogP contribution >= 0.6 is 0 Å². The zero-order valence-corrected chi connectivity index (χ0v) is 11.1. The summed E-state index contributed by atoms with van der Waals surface area (Å²) in [6, 6.07) is 0. The molecular formula is C12H18O9. The molecule has 120 valence electrons. The maximum atomic E-state index is 11.3. The molecule has 9 nitrogen and oxygen atoms in total. The van der Waals surface area contributed by atoms with E-state index in [1.807, 2.05) is 0 Å². The smallest absolute Gasteiger partial charge is 0.367 e. The van der Waals surface area contributed by atoms with Gasteiger partial charge in [0.05, 0.1) is 0 Å². The molecule has 9 heteroatoms. The van der Waals surface area contributed by atoms with Crippen molar-refractivity contribution in [1.82, 2.24) is 0 Å². The summed E-state index contributed by atoms with van der Waals surface area (Å²) in [6.45, 7) is 0. The molecule has 0 amide bonds. The summed E-state index contributed by atoms with van der Waals surface area (Å²) in [7, 11) is 0. The second kappa shape index (κ2) is 5.50. The zero-order valence-electron chi connectivity index (χ0n) is 11.1. The number of carbonyl (C=O) groups is 2. The molecule has 21 heavy (non-hydrogen) atoms. The molecule has 1 aliphatic heterocycles. The van der Waals surface area contributed by atoms with Crippen LogP contribution in [0.15, 0.2) is 0 Å². The van der Waals surface area contributed by atoms with Gasteiger partial charge in [0, 0.05) is 12.8 Å². The van der Waals surface area contributed by atoms with E-state index in [9.17, 15) is 24.9 Å². The second-order valence-corrected chi connectivity index (χ2v) is 5.39. The third-order valence-corrected chi connectivity index (χ3v) is 3.88. The highest BCUT2D eigenvalue weighted by Gasteiger charge is 2.64. The van der Waals surface area contributed by atoms with Gasteiger partial charge in [-0.3, -0.25) is 0 Å². The standard InChI is InChI=1S/C12H18O9/c13-6(7(14)9(15)16)8-12(19,10(17)18)21-11(20-8)4-2-1-3-5-11/h6-8,13-14,19H,1-5H2,(H,15,16)(H,17,18)/t6-,7+,8+,12-/m1/s1. The summed E-state index contributed by atoms with van der Waals surface area (Å²) >= 11 is 0. The summed E-state index contributed by atoms with van der Waals surface area (Å²) in [5.41, 5.74) is 0. The minimum absolute atomic E-state index is 0.314. The third kappa shape index (κ3) is 2.74. The molecule has 0 aromatic carbocycles. The Morgan fingerprint density at radius 2 is 1.67 bits per heavy atom. The van der Waals surface area contributed by atoms with E-state index in [1.54, 1.807) is 0 Å². The lowest BCUT2D eigenvalue weighted by molar-refractivity contribution is -0.258. The van der Waals surface area contributed by atoms with Crippen molar-refractivity contribution < 1.29 is 44.6 Å². The lowest BCUT2D eigenvalue weighted by Crippen LogP contribution is -2.56. The van der Waals surface area contributed by atoms with Crippen LogP contribution in [0.4, 0.5) is 0 Å². The van der Waals surface area contributed by atoms with Crippen molar-refractivity contribution in [3.8, 4) is 0 Å². The van der Waals surface area contributed by atoms with E-state index in [0.717, 1.165) is 6.42 Å². The van der Waals surface area contributed by atoms with Crippen LogP contribution < -0.4 is 0 Å². The predicted octanol–water partition coefficient (Wildman–Crippen LogP) is -1.36. The third-order valence-electron chi connectivity index (χ3n) is 3.88. The molecule has 0 bridgehead atoms. The Bertz CT molecular complexity index is 430. The van der Waals surface area contributed by atoms with E-state index in [1.165, 1.54) is 0 Å². The molecule has 2 aliphatic rings. The fourth-order valence-corrected chi connectivity index (χ4v) is 2.77. The lowest BCUT2D eigenvalue weighted by atomic mass is 9.94. The molecule has 1 heterocycles. The monoisotopic (exact) mass is 306 g/mol. The van der Waals surface area contributed by atoms with Crippen molar-refractivity contribution in [3.63, 3.8) is 0 Å². The van der Waals surface area contributed by atoms with Crippen molar-refractivity contribution in [3.05, 3.63) is 0 Å². The van der Waals surface area contributed by atoms with Gasteiger partial charge < -0.3 is 35.0 Å². The highest BCUT2D eigenvalue weighted by Crippen LogP contribution is 2.45. The van der Waals surface area contributed by atoms with Crippen LogP contribution in [0, 0.1) is 0 Å². The van der Waals surface area contributed by atoms with Crippen molar-refractivity contribution in [2.45, 2.75) is 62.0 Å². The van der Waals surface area contributed by atoms with Gasteiger partial charge in [-0.15, -0.1) is 0 Å². The summed E-state index contributed by atoms with van der Waals surface area (Å²) in [5.74, 6) is -7.86. The summed E-state index contributed by atoms with van der Waals surface area (Å²) < 4.78 is 10.5. The van der Waals surface area contributed by atoms with Crippen LogP contribution in [0.1, 0.15) is 32.1 Å². The molecule has 2 fully saturated rings. The van der Waals surface area contributed by atoms with Crippen LogP contribution in [-0.2, 0) is 19.1 Å². The van der Waals surface area contributed by atoms with Crippen LogP contribution in [0.3, 0.4) is 0 Å². The minimum Gasteiger partial charge on any atom is -0.479 e. The Labute approximate surface area is 119 Å². The summed E-state index contributed by atoms with van der Waals surface area (Å²) in [4.78, 5) is 22.0. The molecule has 4 atom stereocenters. The first kappa shape index (κ1) is 16.1. The first-order valence-electron chi connectivity index (χ1n) is 6.64. The number of carboxylic acids is 2. The van der Waals surface area contributed by atoms with Gasteiger partial charge in [-0.25, -0.2) is 9.59 Å². The Hall–Kier alpha value is -1.26. The molecule has 1 spiro atoms. The maximum absolute atomic E-state index is 11.3. The number of aliphatic hydroxyl groups is 3. The summed E-state index contributed by atoms with van der Waals surface area (Å²) in [5, 5.41) is 47.1. The van der Waals surface area contributed by atoms with Crippen LogP contribution in [0.25, 0.3) is 0 Å². The van der Waals surface area contributed by atoms with Crippen LogP contribution in [0.5, 0.6) is 0 Å². The first-order valence-corrected chi connectivity index (χ1v) is 6.64. The molecule has 0 aromatic heterocycles. The Morgan fingerprint density at radius 3 is 2.14 bits per heavy atom. The van der Waals surface area contributed by atoms with Gasteiger partial charge in [0.15, 0.2) is 18.0 Å². The number of aliphatic hydroxyl groups excluding tert-OH is 2. The average molecular weight is 306 g/mol. The number of rotatable bonds is 4. The van der Waals surface area contributed by atoms with Gasteiger partial charge in [-0.1, -0.05) is 6.42 Å². The molecule has 0 aromatic rings. The van der Waals surface area contributed by atoms with Gasteiger partial charge in [-0.2, -0.15) is 0 Å². The van der Waals surface area contributed by atoms with Gasteiger partial charge in [0.2, 0.25) is 0 Å². The Kier molecular flexibility index (Phi) is 4.22. The van der Waals surface area contributed by atoms with Crippen molar-refractivity contribution in [2.75, 3.05) is 0 Å². The van der Waals surface area contributed by atoms with Gasteiger partial charge in [0.1, 0.15) is 6.10 Å². The molecule has 2 rings (SSSR count). The molecule has 5 N–H and O–H groups in total. The van der Waals surface area contributed by atoms with E-state index >= 15 is 0 Å². The molecule has 1 saturated carbocycles. The van der Waals surface area contributed by atoms with Gasteiger partial charge in [0.25, 0.3) is 5.79 Å². The lowest BCUT2D eigenvalue weighted by Gasteiger charge is -2.32. The number of ether oxygens (including phenoxy) is 2. The van der Waals surface area contributed by atoms with E-state index in [2.05, 4.69) is 0 Å². The van der Waals surface area contributed by atoms with E-state index in [0.29, 0.717) is 25.7 Å². The van der Waals surface area contributed by atoms with Crippen LogP contribution in [0.2, 0.25) is 0 Å². The highest BCUT2D eigenvalue weighted by atomic mass is 16.8. The zero-order chi connectivity index (χ0) is 15.8. The van der Waals surface area contributed by atoms with Gasteiger partial charge in [-0.05, 0) is 12.8 Å². The SMILES string of the molecule is O=C(O)[C@@H](O)[C@@H](O)[C@@H]1OC2(CCCCC2)O[C@@]1(O)C(=O)O. The Morgan fingerprint density at radius 1 is 1.10 bits per heavy atom. The molecule has 1 saturated heterocycles. The fourth-order valence-electron chi connectivity index (χ4n) is 2.77. The van der Waals surface area contributed by atoms with Crippen molar-refractivity contribution >= 4 is 11.9 Å². The Balaban J connectivity index is 2.28. The number of aliphatic carboxylic acids is 2. The van der Waals surface area contributed by atoms with Crippen molar-refractivity contribution in [2.24, 2.45) is 0 Å². The number of hydrogen-bond donors (Lipinski definition) is 5. The average Bonchev–Trinajstić information content (AvgIpc) is 2.72. The number of hydrogen-bond acceptors (Lipinski definition) is 7. The molecule has 1 aliphatic carbocycles. The molecule has 0 unspecified atom stereocenters. The molecule has 0 radical (unpaired) electrons. The van der Waals surface area contributed by atoms with Gasteiger partial charge >= 0.3 is 11.9 Å². The largest absolute Gasteiger partial charge is 0.479 e. The van der Waals surface area contributed by atoms with Crippen LogP contribution in [-0.4, -0.2) is 67.4 Å². The second-order valence-electron chi connectivity index (χ2n) is 5.39. The topological polar surface area (TPSA) is 154 Å². The maximum Gasteiger partial charge on any atom is 0.367 e. The predicted molar refractivity (Wildman–Crippen MR) is 64.0 cm³/mol.